The molecular formula is C25H26O5. The van der Waals surface area contributed by atoms with E-state index in [9.17, 15) is 19.8 Å². The smallest absolute Gasteiger partial charge is 0.339 e. The summed E-state index contributed by atoms with van der Waals surface area (Å²) in [5.74, 6) is -2.62. The summed E-state index contributed by atoms with van der Waals surface area (Å²) in [5.41, 5.74) is 1.58. The predicted octanol–water partition coefficient (Wildman–Crippen LogP) is 4.25. The number of carbonyl (C=O) groups is 2. The first kappa shape index (κ1) is 20.4. The van der Waals surface area contributed by atoms with Crippen LogP contribution in [0.1, 0.15) is 49.3 Å². The fourth-order valence-corrected chi connectivity index (χ4v) is 4.42. The quantitative estimate of drug-likeness (QED) is 0.672. The molecule has 5 nitrogen and oxygen atoms in total. The van der Waals surface area contributed by atoms with Crippen LogP contribution in [-0.2, 0) is 14.3 Å². The zero-order chi connectivity index (χ0) is 21.3. The van der Waals surface area contributed by atoms with Gasteiger partial charge in [0.2, 0.25) is 5.78 Å². The maximum absolute atomic E-state index is 13.1. The second-order valence-corrected chi connectivity index (χ2v) is 8.11. The molecule has 1 saturated carbocycles. The van der Waals surface area contributed by atoms with Crippen molar-refractivity contribution in [3.05, 3.63) is 83.1 Å². The summed E-state index contributed by atoms with van der Waals surface area (Å²) in [5, 5.41) is 21.7. The van der Waals surface area contributed by atoms with Gasteiger partial charge < -0.3 is 14.9 Å². The van der Waals surface area contributed by atoms with E-state index in [0.29, 0.717) is 12.0 Å². The number of ether oxygens (including phenoxy) is 1. The first-order chi connectivity index (χ1) is 14.5. The summed E-state index contributed by atoms with van der Waals surface area (Å²) in [6.45, 7) is 1.82. The van der Waals surface area contributed by atoms with Crippen LogP contribution in [0.5, 0.6) is 0 Å². The molecule has 0 bridgehead atoms. The van der Waals surface area contributed by atoms with E-state index in [1.807, 2.05) is 43.3 Å². The molecule has 0 amide bonds. The minimum atomic E-state index is -1.21. The zero-order valence-electron chi connectivity index (χ0n) is 16.9. The van der Waals surface area contributed by atoms with Crippen LogP contribution in [0.4, 0.5) is 0 Å². The van der Waals surface area contributed by atoms with Crippen molar-refractivity contribution in [3.63, 3.8) is 0 Å². The van der Waals surface area contributed by atoms with Crippen LogP contribution < -0.4 is 0 Å². The van der Waals surface area contributed by atoms with Crippen molar-refractivity contribution in [1.29, 1.82) is 0 Å². The number of rotatable bonds is 7. The molecule has 1 unspecified atom stereocenters. The van der Waals surface area contributed by atoms with Crippen LogP contribution in [0, 0.1) is 11.8 Å². The van der Waals surface area contributed by atoms with Crippen LogP contribution >= 0.6 is 0 Å². The highest BCUT2D eigenvalue weighted by Gasteiger charge is 2.48. The molecule has 4 atom stereocenters. The number of cyclic esters (lactones) is 1. The maximum atomic E-state index is 13.1. The van der Waals surface area contributed by atoms with Gasteiger partial charge in [0.1, 0.15) is 0 Å². The van der Waals surface area contributed by atoms with Gasteiger partial charge in [0.05, 0.1) is 11.7 Å². The zero-order valence-corrected chi connectivity index (χ0v) is 16.9. The lowest BCUT2D eigenvalue weighted by Crippen LogP contribution is -2.43. The Morgan fingerprint density at radius 1 is 0.967 bits per heavy atom. The van der Waals surface area contributed by atoms with E-state index >= 15 is 0 Å². The summed E-state index contributed by atoms with van der Waals surface area (Å²) < 4.78 is 5.59. The Morgan fingerprint density at radius 3 is 2.07 bits per heavy atom. The van der Waals surface area contributed by atoms with Gasteiger partial charge in [0.15, 0.2) is 11.9 Å². The molecular weight excluding hydrogens is 380 g/mol. The van der Waals surface area contributed by atoms with Crippen LogP contribution in [0.15, 0.2) is 72.0 Å². The van der Waals surface area contributed by atoms with E-state index in [1.165, 1.54) is 0 Å². The van der Waals surface area contributed by atoms with E-state index < -0.39 is 35.6 Å². The number of benzene rings is 2. The second kappa shape index (κ2) is 8.44. The van der Waals surface area contributed by atoms with E-state index in [1.54, 1.807) is 24.3 Å². The minimum Gasteiger partial charge on any atom is -0.504 e. The van der Waals surface area contributed by atoms with E-state index in [0.717, 1.165) is 18.4 Å². The first-order valence-electron chi connectivity index (χ1n) is 10.5. The normalized spacial score (nSPS) is 22.4. The van der Waals surface area contributed by atoms with E-state index in [2.05, 4.69) is 0 Å². The Bertz CT molecular complexity index is 946. The Hall–Kier alpha value is -2.92. The molecule has 156 valence electrons. The maximum Gasteiger partial charge on any atom is 0.339 e. The predicted molar refractivity (Wildman–Crippen MR) is 112 cm³/mol. The first-order valence-corrected chi connectivity index (χ1v) is 10.5. The molecule has 0 radical (unpaired) electrons. The Balaban J connectivity index is 1.67. The number of ketones is 1. The number of Topliss-reactive ketones (excluding diaryl/α,β-unsaturated/α-hetero) is 1. The minimum absolute atomic E-state index is 0.0500. The van der Waals surface area contributed by atoms with Gasteiger partial charge in [0, 0.05) is 11.8 Å². The molecule has 30 heavy (non-hydrogen) atoms. The Kier molecular flexibility index (Phi) is 5.73. The summed E-state index contributed by atoms with van der Waals surface area (Å²) in [6, 6.07) is 18.4. The molecule has 0 spiro atoms. The summed E-state index contributed by atoms with van der Waals surface area (Å²) in [7, 11) is 0. The molecule has 2 aliphatic rings. The molecule has 2 aromatic carbocycles. The number of hydrogen-bond acceptors (Lipinski definition) is 5. The lowest BCUT2D eigenvalue weighted by molar-refractivity contribution is -0.161. The van der Waals surface area contributed by atoms with E-state index in [-0.39, 0.29) is 17.4 Å². The van der Waals surface area contributed by atoms with Crippen LogP contribution in [0.2, 0.25) is 0 Å². The van der Waals surface area contributed by atoms with Gasteiger partial charge in [-0.05, 0) is 36.3 Å². The largest absolute Gasteiger partial charge is 0.504 e. The molecule has 1 fully saturated rings. The number of carbonyl (C=O) groups excluding carboxylic acids is 2. The van der Waals surface area contributed by atoms with Crippen molar-refractivity contribution in [3.8, 4) is 0 Å². The summed E-state index contributed by atoms with van der Waals surface area (Å²) >= 11 is 0. The highest BCUT2D eigenvalue weighted by molar-refractivity contribution is 6.09. The molecule has 0 aromatic heterocycles. The third kappa shape index (κ3) is 3.77. The molecule has 0 saturated heterocycles. The topological polar surface area (TPSA) is 83.8 Å². The average molecular weight is 406 g/mol. The SMILES string of the molecule is CC[C@@H](C1OC(=O)C([C@H](c2ccccc2)C2CC2)=C(O)C1=O)[C@H](O)c1ccccc1. The summed E-state index contributed by atoms with van der Waals surface area (Å²) in [6.07, 6.45) is 0.0854. The lowest BCUT2D eigenvalue weighted by atomic mass is 9.80. The molecule has 5 heteroatoms. The Labute approximate surface area is 176 Å². The van der Waals surface area contributed by atoms with Crippen LogP contribution in [0.25, 0.3) is 0 Å². The number of esters is 1. The molecule has 4 rings (SSSR count). The van der Waals surface area contributed by atoms with Crippen molar-refractivity contribution in [2.45, 2.75) is 44.3 Å². The fourth-order valence-electron chi connectivity index (χ4n) is 4.42. The number of hydrogen-bond donors (Lipinski definition) is 2. The monoisotopic (exact) mass is 406 g/mol. The van der Waals surface area contributed by atoms with Crippen molar-refractivity contribution >= 4 is 11.8 Å². The van der Waals surface area contributed by atoms with Crippen molar-refractivity contribution in [1.82, 2.24) is 0 Å². The van der Waals surface area contributed by atoms with Crippen molar-refractivity contribution < 1.29 is 24.5 Å². The van der Waals surface area contributed by atoms with Crippen molar-refractivity contribution in [2.75, 3.05) is 0 Å². The number of aliphatic hydroxyl groups is 2. The van der Waals surface area contributed by atoms with Gasteiger partial charge in [-0.25, -0.2) is 4.79 Å². The van der Waals surface area contributed by atoms with Gasteiger partial charge in [-0.15, -0.1) is 0 Å². The van der Waals surface area contributed by atoms with Crippen molar-refractivity contribution in [2.24, 2.45) is 11.8 Å². The van der Waals surface area contributed by atoms with Gasteiger partial charge in [-0.1, -0.05) is 67.6 Å². The third-order valence-electron chi connectivity index (χ3n) is 6.17. The van der Waals surface area contributed by atoms with Gasteiger partial charge in [0.25, 0.3) is 0 Å². The van der Waals surface area contributed by atoms with Gasteiger partial charge in [-0.3, -0.25) is 4.79 Å². The van der Waals surface area contributed by atoms with Gasteiger partial charge >= 0.3 is 5.97 Å². The number of aliphatic hydroxyl groups excluding tert-OH is 2. The fraction of sp³-hybridized carbons (Fsp3) is 0.360. The summed E-state index contributed by atoms with van der Waals surface area (Å²) in [4.78, 5) is 26.1. The Morgan fingerprint density at radius 2 is 1.53 bits per heavy atom. The van der Waals surface area contributed by atoms with Crippen LogP contribution in [0.3, 0.4) is 0 Å². The molecule has 2 N–H and O–H groups in total. The third-order valence-corrected chi connectivity index (χ3v) is 6.17. The molecule has 1 aliphatic heterocycles. The highest BCUT2D eigenvalue weighted by Crippen LogP contribution is 2.49. The highest BCUT2D eigenvalue weighted by atomic mass is 16.6. The van der Waals surface area contributed by atoms with Crippen LogP contribution in [-0.4, -0.2) is 28.1 Å². The molecule has 1 heterocycles. The molecule has 2 aromatic rings. The average Bonchev–Trinajstić information content (AvgIpc) is 3.61. The molecule has 1 aliphatic carbocycles. The van der Waals surface area contributed by atoms with E-state index in [4.69, 9.17) is 4.74 Å². The second-order valence-electron chi connectivity index (χ2n) is 8.11. The standard InChI is InChI=1S/C25H26O5/c1-2-18(21(26)17-11-7-4-8-12-17)24-23(28)22(27)20(25(29)30-24)19(16-13-14-16)15-9-5-3-6-10-15/h3-12,16,18-19,21,24,26-27H,2,13-14H2,1H3/t18-,19-,21-,24?/m1/s1. The lowest BCUT2D eigenvalue weighted by Gasteiger charge is -2.33. The van der Waals surface area contributed by atoms with Gasteiger partial charge in [-0.2, -0.15) is 0 Å².